The molecule has 4 rings (SSSR count). The van der Waals surface area contributed by atoms with Gasteiger partial charge in [0.25, 0.3) is 0 Å². The van der Waals surface area contributed by atoms with Gasteiger partial charge >= 0.3 is 0 Å². The van der Waals surface area contributed by atoms with Crippen molar-refractivity contribution in [2.75, 3.05) is 0 Å². The molecular weight excluding hydrogens is 332 g/mol. The molecule has 1 N–H and O–H groups in total. The number of aliphatic hydroxyl groups is 1. The minimum absolute atomic E-state index is 0.453. The lowest BCUT2D eigenvalue weighted by Crippen LogP contribution is -2.32. The summed E-state index contributed by atoms with van der Waals surface area (Å²) in [7, 11) is 0. The van der Waals surface area contributed by atoms with Gasteiger partial charge in [0, 0.05) is 12.8 Å². The maximum Gasteiger partial charge on any atom is 0.204 e. The summed E-state index contributed by atoms with van der Waals surface area (Å²) in [5.74, 6) is -1.23. The summed E-state index contributed by atoms with van der Waals surface area (Å²) >= 11 is 0. The van der Waals surface area contributed by atoms with Crippen LogP contribution < -0.4 is 0 Å². The molecule has 27 heavy (non-hydrogen) atoms. The molecule has 0 unspecified atom stereocenters. The highest BCUT2D eigenvalue weighted by atomic mass is 16.7. The number of hydrogen-bond acceptors (Lipinski definition) is 2. The maximum atomic E-state index is 11.3. The number of ether oxygens (including phenoxy) is 1. The first-order valence-corrected chi connectivity index (χ1v) is 9.34. The van der Waals surface area contributed by atoms with Gasteiger partial charge in [0.15, 0.2) is 5.60 Å². The molecule has 1 aliphatic heterocycles. The molecule has 1 aliphatic rings. The minimum atomic E-state index is -1.23. The largest absolute Gasteiger partial charge is 0.363 e. The molecule has 0 spiro atoms. The van der Waals surface area contributed by atoms with E-state index in [2.05, 4.69) is 30.8 Å². The first-order valence-electron chi connectivity index (χ1n) is 9.34. The van der Waals surface area contributed by atoms with Crippen LogP contribution in [0.5, 0.6) is 0 Å². The number of rotatable bonds is 7. The van der Waals surface area contributed by atoms with Crippen LogP contribution in [-0.4, -0.2) is 16.5 Å². The van der Waals surface area contributed by atoms with E-state index in [9.17, 15) is 5.11 Å². The van der Waals surface area contributed by atoms with E-state index in [1.807, 2.05) is 66.7 Å². The van der Waals surface area contributed by atoms with E-state index in [4.69, 9.17) is 4.74 Å². The molecule has 0 bridgehead atoms. The van der Waals surface area contributed by atoms with Crippen LogP contribution in [-0.2, 0) is 24.0 Å². The van der Waals surface area contributed by atoms with E-state index < -0.39 is 11.4 Å². The average molecular weight is 356 g/mol. The van der Waals surface area contributed by atoms with Crippen LogP contribution in [0.15, 0.2) is 103 Å². The molecule has 2 heteroatoms. The molecule has 2 atom stereocenters. The standard InChI is InChI=1S/C25H24O2/c1-20(17-21-11-5-2-6-12-21)24(18-22-13-7-3-8-14-22)25(26,27-24)19-23-15-9-4-10-16-23/h2-16,26H,1,17-19H2/t24-,25-/m0/s1. The fraction of sp³-hybridized carbons (Fsp3) is 0.200. The molecule has 0 aliphatic carbocycles. The monoisotopic (exact) mass is 356 g/mol. The van der Waals surface area contributed by atoms with Crippen molar-refractivity contribution in [2.24, 2.45) is 0 Å². The van der Waals surface area contributed by atoms with Crippen molar-refractivity contribution >= 4 is 0 Å². The van der Waals surface area contributed by atoms with Gasteiger partial charge in [-0.2, -0.15) is 0 Å². The molecule has 0 saturated carbocycles. The third-order valence-electron chi connectivity index (χ3n) is 5.35. The molecule has 1 fully saturated rings. The molecule has 3 aromatic carbocycles. The highest BCUT2D eigenvalue weighted by molar-refractivity contribution is 5.39. The third-order valence-corrected chi connectivity index (χ3v) is 5.35. The van der Waals surface area contributed by atoms with Crippen molar-refractivity contribution in [1.29, 1.82) is 0 Å². The van der Waals surface area contributed by atoms with Crippen LogP contribution in [0.3, 0.4) is 0 Å². The van der Waals surface area contributed by atoms with Crippen LogP contribution >= 0.6 is 0 Å². The van der Waals surface area contributed by atoms with Crippen molar-refractivity contribution < 1.29 is 9.84 Å². The zero-order chi connectivity index (χ0) is 18.7. The molecule has 3 aromatic rings. The Kier molecular flexibility index (Phi) is 4.69. The summed E-state index contributed by atoms with van der Waals surface area (Å²) < 4.78 is 6.09. The molecule has 0 amide bonds. The van der Waals surface area contributed by atoms with Crippen LogP contribution in [0.4, 0.5) is 0 Å². The van der Waals surface area contributed by atoms with Gasteiger partial charge in [-0.25, -0.2) is 0 Å². The zero-order valence-corrected chi connectivity index (χ0v) is 15.3. The van der Waals surface area contributed by atoms with Crippen LogP contribution in [0.1, 0.15) is 16.7 Å². The smallest absolute Gasteiger partial charge is 0.204 e. The molecule has 1 saturated heterocycles. The summed E-state index contributed by atoms with van der Waals surface area (Å²) in [6.07, 6.45) is 1.75. The Morgan fingerprint density at radius 2 is 1.15 bits per heavy atom. The summed E-state index contributed by atoms with van der Waals surface area (Å²) in [6, 6.07) is 30.4. The van der Waals surface area contributed by atoms with E-state index in [1.54, 1.807) is 0 Å². The molecule has 0 radical (unpaired) electrons. The topological polar surface area (TPSA) is 32.8 Å². The molecule has 1 heterocycles. The second kappa shape index (κ2) is 7.15. The molecule has 2 nitrogen and oxygen atoms in total. The van der Waals surface area contributed by atoms with Gasteiger partial charge < -0.3 is 9.84 Å². The first kappa shape index (κ1) is 17.7. The van der Waals surface area contributed by atoms with E-state index in [0.717, 1.165) is 16.7 Å². The summed E-state index contributed by atoms with van der Waals surface area (Å²) in [6.45, 7) is 4.33. The quantitative estimate of drug-likeness (QED) is 0.490. The Labute approximate surface area is 160 Å². The Morgan fingerprint density at radius 3 is 1.67 bits per heavy atom. The van der Waals surface area contributed by atoms with Crippen molar-refractivity contribution in [1.82, 2.24) is 0 Å². The Balaban J connectivity index is 1.61. The number of benzene rings is 3. The van der Waals surface area contributed by atoms with Gasteiger partial charge in [-0.05, 0) is 28.7 Å². The number of hydrogen-bond donors (Lipinski definition) is 1. The predicted octanol–water partition coefficient (Wildman–Crippen LogP) is 4.73. The van der Waals surface area contributed by atoms with Crippen LogP contribution in [0.2, 0.25) is 0 Å². The van der Waals surface area contributed by atoms with E-state index in [0.29, 0.717) is 19.3 Å². The molecule has 136 valence electrons. The SMILES string of the molecule is C=C(Cc1ccccc1)[C@]1(Cc2ccccc2)O[C@@]1(O)Cc1ccccc1. The van der Waals surface area contributed by atoms with Gasteiger partial charge in [0.2, 0.25) is 5.79 Å². The van der Waals surface area contributed by atoms with Gasteiger partial charge in [-0.1, -0.05) is 97.6 Å². The van der Waals surface area contributed by atoms with Crippen molar-refractivity contribution in [3.63, 3.8) is 0 Å². The lowest BCUT2D eigenvalue weighted by atomic mass is 9.82. The summed E-state index contributed by atoms with van der Waals surface area (Å²) in [4.78, 5) is 0. The van der Waals surface area contributed by atoms with Gasteiger partial charge in [-0.3, -0.25) is 0 Å². The van der Waals surface area contributed by atoms with Crippen molar-refractivity contribution in [3.8, 4) is 0 Å². The summed E-state index contributed by atoms with van der Waals surface area (Å²) in [5.41, 5.74) is 3.52. The lowest BCUT2D eigenvalue weighted by Gasteiger charge is -2.20. The van der Waals surface area contributed by atoms with E-state index in [1.165, 1.54) is 5.56 Å². The normalized spacial score (nSPS) is 23.7. The third kappa shape index (κ3) is 3.59. The van der Waals surface area contributed by atoms with Crippen LogP contribution in [0, 0.1) is 0 Å². The van der Waals surface area contributed by atoms with Gasteiger partial charge in [-0.15, -0.1) is 0 Å². The Morgan fingerprint density at radius 1 is 0.704 bits per heavy atom. The fourth-order valence-electron chi connectivity index (χ4n) is 3.83. The highest BCUT2D eigenvalue weighted by Gasteiger charge is 2.70. The zero-order valence-electron chi connectivity index (χ0n) is 15.3. The average Bonchev–Trinajstić information content (AvgIpc) is 3.28. The van der Waals surface area contributed by atoms with Gasteiger partial charge in [0.05, 0.1) is 0 Å². The summed E-state index contributed by atoms with van der Waals surface area (Å²) in [5, 5.41) is 11.3. The first-order chi connectivity index (χ1) is 13.1. The minimum Gasteiger partial charge on any atom is -0.363 e. The highest BCUT2D eigenvalue weighted by Crippen LogP contribution is 2.55. The van der Waals surface area contributed by atoms with Gasteiger partial charge in [0.1, 0.15) is 0 Å². The van der Waals surface area contributed by atoms with Crippen molar-refractivity contribution in [3.05, 3.63) is 120 Å². The second-order valence-corrected chi connectivity index (χ2v) is 7.30. The Bertz CT molecular complexity index is 905. The van der Waals surface area contributed by atoms with Crippen LogP contribution in [0.25, 0.3) is 0 Å². The number of epoxide rings is 1. The van der Waals surface area contributed by atoms with E-state index >= 15 is 0 Å². The van der Waals surface area contributed by atoms with E-state index in [-0.39, 0.29) is 0 Å². The maximum absolute atomic E-state index is 11.3. The fourth-order valence-corrected chi connectivity index (χ4v) is 3.83. The van der Waals surface area contributed by atoms with Crippen molar-refractivity contribution in [2.45, 2.75) is 30.7 Å². The second-order valence-electron chi connectivity index (χ2n) is 7.30. The molecule has 0 aromatic heterocycles. The lowest BCUT2D eigenvalue weighted by molar-refractivity contribution is 0.0369. The molecular formula is C25H24O2. The Hall–Kier alpha value is -2.68. The predicted molar refractivity (Wildman–Crippen MR) is 108 cm³/mol.